The van der Waals surface area contributed by atoms with Crippen LogP contribution in [0.25, 0.3) is 0 Å². The Hall–Kier alpha value is -1.96. The minimum atomic E-state index is -2.27. The van der Waals surface area contributed by atoms with Gasteiger partial charge < -0.3 is 85.6 Å². The number of urea groups is 1. The van der Waals surface area contributed by atoms with Crippen molar-refractivity contribution in [3.05, 3.63) is 0 Å². The quantitative estimate of drug-likeness (QED) is 0.0830. The monoisotopic (exact) mass is 980 g/mol. The van der Waals surface area contributed by atoms with Crippen molar-refractivity contribution in [3.63, 3.8) is 0 Å². The first-order chi connectivity index (χ1) is 30.4. The minimum absolute atomic E-state index is 0.00610. The molecule has 5 rings (SSSR count). The van der Waals surface area contributed by atoms with Crippen molar-refractivity contribution >= 4 is 29.7 Å². The SMILES string of the molecule is CC(=O)N[C@H]1C(C)(COC[C@]2(C)OC(C)(CO)[C@](C)(O)C(C)(O)C2(C)O)[C@H](O)C(C)(CO)O[C@]1(C)COC[C@H](C1SC[C@@H]2NC(=O)N[C@H]12)C(O)[C@H](O)[C@@H](C(=O)O)C1(C)CC(C)C(C)C(C)(C)O1. The van der Waals surface area contributed by atoms with Gasteiger partial charge in [0, 0.05) is 29.3 Å². The first-order valence-corrected chi connectivity index (χ1v) is 24.3. The van der Waals surface area contributed by atoms with E-state index in [9.17, 15) is 60.3 Å². The molecular weight excluding hydrogens is 899 g/mol. The number of nitrogens with one attached hydrogen (secondary N) is 3. The molecule has 12 N–H and O–H groups in total. The third-order valence-corrected chi connectivity index (χ3v) is 18.9. The van der Waals surface area contributed by atoms with Crippen LogP contribution in [0.3, 0.4) is 0 Å². The predicted octanol–water partition coefficient (Wildman–Crippen LogP) is -0.342. The summed E-state index contributed by atoms with van der Waals surface area (Å²) in [6.07, 6.45) is -4.87. The number of hydrogen-bond donors (Lipinski definition) is 12. The van der Waals surface area contributed by atoms with Crippen LogP contribution in [0.4, 0.5) is 4.79 Å². The fourth-order valence-electron chi connectivity index (χ4n) is 12.3. The Kier molecular flexibility index (Phi) is 15.5. The van der Waals surface area contributed by atoms with Crippen LogP contribution in [0.1, 0.15) is 103 Å². The van der Waals surface area contributed by atoms with Gasteiger partial charge in [0.15, 0.2) is 0 Å². The average molecular weight is 980 g/mol. The highest BCUT2D eigenvalue weighted by Gasteiger charge is 2.74. The molecule has 388 valence electrons. The van der Waals surface area contributed by atoms with E-state index in [1.54, 1.807) is 20.8 Å². The highest BCUT2D eigenvalue weighted by atomic mass is 32.2. The molecule has 10 unspecified atom stereocenters. The third-order valence-electron chi connectivity index (χ3n) is 17.3. The molecular formula is C46H81N3O17S. The topological polar surface area (TPSA) is 316 Å². The Morgan fingerprint density at radius 2 is 1.40 bits per heavy atom. The largest absolute Gasteiger partial charge is 0.481 e. The van der Waals surface area contributed by atoms with Crippen molar-refractivity contribution in [2.24, 2.45) is 29.1 Å². The number of aliphatic carboxylic acids is 1. The summed E-state index contributed by atoms with van der Waals surface area (Å²) in [4.78, 5) is 38.8. The van der Waals surface area contributed by atoms with E-state index in [0.29, 0.717) is 5.75 Å². The summed E-state index contributed by atoms with van der Waals surface area (Å²) < 4.78 is 32.0. The lowest BCUT2D eigenvalue weighted by Gasteiger charge is -2.65. The van der Waals surface area contributed by atoms with Crippen molar-refractivity contribution in [2.75, 3.05) is 45.4 Å². The van der Waals surface area contributed by atoms with E-state index in [4.69, 9.17) is 23.7 Å². The van der Waals surface area contributed by atoms with Crippen molar-refractivity contribution in [3.8, 4) is 0 Å². The Bertz CT molecular complexity index is 1840. The molecule has 20 atom stereocenters. The van der Waals surface area contributed by atoms with Crippen LogP contribution < -0.4 is 16.0 Å². The summed E-state index contributed by atoms with van der Waals surface area (Å²) >= 11 is 1.41. The van der Waals surface area contributed by atoms with Gasteiger partial charge in [0.05, 0.1) is 87.3 Å². The second kappa shape index (κ2) is 18.6. The number of carboxylic acid groups (broad SMARTS) is 1. The summed E-state index contributed by atoms with van der Waals surface area (Å²) in [5.74, 6) is -3.99. The molecule has 20 nitrogen and oxygen atoms in total. The van der Waals surface area contributed by atoms with Crippen LogP contribution in [0, 0.1) is 29.1 Å². The van der Waals surface area contributed by atoms with Gasteiger partial charge in [0.25, 0.3) is 0 Å². The first kappa shape index (κ1) is 56.0. The molecule has 0 aromatic carbocycles. The van der Waals surface area contributed by atoms with Crippen molar-refractivity contribution in [1.82, 2.24) is 16.0 Å². The average Bonchev–Trinajstić information content (AvgIpc) is 3.77. The van der Waals surface area contributed by atoms with E-state index in [-0.39, 0.29) is 37.5 Å². The van der Waals surface area contributed by atoms with Crippen molar-refractivity contribution in [2.45, 2.75) is 195 Å². The van der Waals surface area contributed by atoms with Crippen LogP contribution in [0.2, 0.25) is 0 Å². The van der Waals surface area contributed by atoms with E-state index in [2.05, 4.69) is 16.0 Å². The molecule has 5 saturated heterocycles. The van der Waals surface area contributed by atoms with Crippen molar-refractivity contribution < 1.29 is 84.0 Å². The molecule has 0 aliphatic carbocycles. The minimum Gasteiger partial charge on any atom is -0.481 e. The third kappa shape index (κ3) is 9.27. The molecule has 3 amide bonds. The van der Waals surface area contributed by atoms with Gasteiger partial charge in [-0.3, -0.25) is 9.59 Å². The molecule has 5 aliphatic rings. The zero-order valence-electron chi connectivity index (χ0n) is 41.7. The van der Waals surface area contributed by atoms with E-state index >= 15 is 0 Å². The maximum Gasteiger partial charge on any atom is 0.315 e. The van der Waals surface area contributed by atoms with Gasteiger partial charge in [-0.05, 0) is 87.5 Å². The lowest BCUT2D eigenvalue weighted by atomic mass is 9.58. The second-order valence-electron chi connectivity index (χ2n) is 22.9. The molecule has 5 fully saturated rings. The molecule has 5 heterocycles. The summed E-state index contributed by atoms with van der Waals surface area (Å²) in [7, 11) is 0. The number of fused-ring (bicyclic) bond motifs is 1. The lowest BCUT2D eigenvalue weighted by molar-refractivity contribution is -0.408. The van der Waals surface area contributed by atoms with Gasteiger partial charge in [-0.15, -0.1) is 0 Å². The normalized spacial score (nSPS) is 48.1. The number of amides is 3. The molecule has 5 aliphatic heterocycles. The Balaban J connectivity index is 1.47. The smallest absolute Gasteiger partial charge is 0.315 e. The molecule has 0 radical (unpaired) electrons. The van der Waals surface area contributed by atoms with E-state index in [0.717, 1.165) is 0 Å². The van der Waals surface area contributed by atoms with Crippen LogP contribution in [-0.2, 0) is 33.3 Å². The Morgan fingerprint density at radius 1 is 0.806 bits per heavy atom. The summed E-state index contributed by atoms with van der Waals surface area (Å²) in [6, 6.07) is -2.43. The van der Waals surface area contributed by atoms with E-state index < -0.39 is 148 Å². The van der Waals surface area contributed by atoms with E-state index in [1.165, 1.54) is 60.2 Å². The number of aliphatic hydroxyl groups is 8. The molecule has 0 aromatic rings. The Morgan fingerprint density at radius 3 is 1.94 bits per heavy atom. The van der Waals surface area contributed by atoms with Gasteiger partial charge in [0.2, 0.25) is 5.91 Å². The number of hydrogen-bond acceptors (Lipinski definition) is 17. The molecule has 0 spiro atoms. The number of ether oxygens (including phenoxy) is 5. The zero-order chi connectivity index (χ0) is 51.1. The van der Waals surface area contributed by atoms with E-state index in [1.807, 2.05) is 27.7 Å². The number of rotatable bonds is 17. The summed E-state index contributed by atoms with van der Waals surface area (Å²) in [5, 5.41) is 111. The fraction of sp³-hybridized carbons (Fsp3) is 0.935. The maximum atomic E-state index is 13.2. The number of aliphatic hydroxyl groups excluding tert-OH is 5. The van der Waals surface area contributed by atoms with Gasteiger partial charge in [-0.25, -0.2) is 4.79 Å². The first-order valence-electron chi connectivity index (χ1n) is 23.3. The maximum absolute atomic E-state index is 13.2. The zero-order valence-corrected chi connectivity index (χ0v) is 42.5. The highest BCUT2D eigenvalue weighted by Crippen LogP contribution is 2.54. The Labute approximate surface area is 398 Å². The standard InChI is InChI=1S/C46H81N3O17S/c1-23-15-39(7,64-37(4,5)24(23)2)28(33(55)56)31(54)30(53)26(32-29-27(17-67-32)48-36(58)49-29)16-62-21-41(9)34(47-25(3)52)38(6,35(57)40(8,18-50)65-41)20-63-22-43(11)45(13,60)46(14,61)44(12,59)42(10,19-51)66-43/h23-24,26-32,34-35,50-51,53-54,57,59-61H,15-22H2,1-14H3,(H,47,52)(H,55,56)(H2,48,49,58)/t23?,24?,26-,27-,28-,29-,30?,31+,32?,34-,35-,38?,39?,40?,41+,42?,43-,44-,45?,46?/m0/s1. The van der Waals surface area contributed by atoms with Gasteiger partial charge >= 0.3 is 12.0 Å². The second-order valence-corrected chi connectivity index (χ2v) is 24.1. The summed E-state index contributed by atoms with van der Waals surface area (Å²) in [5.41, 5.74) is -17.3. The number of carboxylic acids is 1. The number of thioether (sulfide) groups is 1. The van der Waals surface area contributed by atoms with Crippen LogP contribution >= 0.6 is 11.8 Å². The van der Waals surface area contributed by atoms with Crippen molar-refractivity contribution in [1.29, 1.82) is 0 Å². The van der Waals surface area contributed by atoms with Gasteiger partial charge in [0.1, 0.15) is 45.1 Å². The predicted molar refractivity (Wildman–Crippen MR) is 244 cm³/mol. The van der Waals surface area contributed by atoms with Gasteiger partial charge in [-0.1, -0.05) is 20.8 Å². The molecule has 21 heteroatoms. The number of carbonyl (C=O) groups excluding carboxylic acids is 2. The molecule has 0 aromatic heterocycles. The van der Waals surface area contributed by atoms with Crippen LogP contribution in [-0.4, -0.2) is 201 Å². The molecule has 0 saturated carbocycles. The highest BCUT2D eigenvalue weighted by molar-refractivity contribution is 8.00. The molecule has 67 heavy (non-hydrogen) atoms. The summed E-state index contributed by atoms with van der Waals surface area (Å²) in [6.45, 7) is 18.8. The van der Waals surface area contributed by atoms with Crippen LogP contribution in [0.15, 0.2) is 0 Å². The van der Waals surface area contributed by atoms with Gasteiger partial charge in [-0.2, -0.15) is 11.8 Å². The number of carbonyl (C=O) groups is 3. The fourth-order valence-corrected chi connectivity index (χ4v) is 14.0. The lowest BCUT2D eigenvalue weighted by Crippen LogP contribution is -2.85. The van der Waals surface area contributed by atoms with Crippen LogP contribution in [0.5, 0.6) is 0 Å². The molecule has 0 bridgehead atoms.